The third-order valence-electron chi connectivity index (χ3n) is 7.45. The van der Waals surface area contributed by atoms with Crippen molar-refractivity contribution >= 4 is 16.7 Å². The lowest BCUT2D eigenvalue weighted by atomic mass is 9.98. The van der Waals surface area contributed by atoms with Crippen LogP contribution in [0.25, 0.3) is 16.7 Å². The summed E-state index contributed by atoms with van der Waals surface area (Å²) in [5.74, 6) is 1.80. The fraction of sp³-hybridized carbons (Fsp3) is 0.522. The van der Waals surface area contributed by atoms with Gasteiger partial charge in [0.2, 0.25) is 0 Å². The number of hydrogen-bond acceptors (Lipinski definition) is 7. The Hall–Kier alpha value is -3.26. The van der Waals surface area contributed by atoms with Gasteiger partial charge < -0.3 is 4.90 Å². The molecule has 0 unspecified atom stereocenters. The van der Waals surface area contributed by atoms with Crippen LogP contribution in [0.15, 0.2) is 24.5 Å². The minimum atomic E-state index is -4.19. The summed E-state index contributed by atoms with van der Waals surface area (Å²) in [5, 5.41) is 15.3. The summed E-state index contributed by atoms with van der Waals surface area (Å²) in [4.78, 5) is 17.1. The molecule has 1 aliphatic heterocycles. The number of anilines is 1. The first kappa shape index (κ1) is 21.3. The van der Waals surface area contributed by atoms with Crippen LogP contribution in [0.2, 0.25) is 0 Å². The van der Waals surface area contributed by atoms with Gasteiger partial charge in [-0.25, -0.2) is 14.6 Å². The zero-order valence-electron chi connectivity index (χ0n) is 18.7. The van der Waals surface area contributed by atoms with Gasteiger partial charge in [0, 0.05) is 43.8 Å². The molecule has 1 spiro atoms. The van der Waals surface area contributed by atoms with E-state index in [1.54, 1.807) is 24.0 Å². The van der Waals surface area contributed by atoms with E-state index in [0.717, 1.165) is 35.9 Å². The van der Waals surface area contributed by atoms with Crippen molar-refractivity contribution in [2.75, 3.05) is 37.6 Å². The lowest BCUT2D eigenvalue weighted by Gasteiger charge is -2.35. The molecule has 0 N–H and O–H groups in total. The topological polar surface area (TPSA) is 86.8 Å². The van der Waals surface area contributed by atoms with Crippen LogP contribution in [0.1, 0.15) is 30.8 Å². The molecule has 34 heavy (non-hydrogen) atoms. The van der Waals surface area contributed by atoms with Crippen LogP contribution in [-0.2, 0) is 5.41 Å². The highest BCUT2D eigenvalue weighted by atomic mass is 19.4. The molecule has 3 aliphatic rings. The van der Waals surface area contributed by atoms with Crippen LogP contribution >= 0.6 is 0 Å². The predicted octanol–water partition coefficient (Wildman–Crippen LogP) is 3.15. The van der Waals surface area contributed by atoms with Gasteiger partial charge in [0.05, 0.1) is 30.0 Å². The van der Waals surface area contributed by atoms with E-state index in [4.69, 9.17) is 0 Å². The van der Waals surface area contributed by atoms with Crippen molar-refractivity contribution in [3.8, 4) is 11.9 Å². The maximum atomic E-state index is 12.7. The maximum Gasteiger partial charge on any atom is 0.401 e. The molecule has 2 aliphatic carbocycles. The van der Waals surface area contributed by atoms with Crippen LogP contribution in [0.3, 0.4) is 0 Å². The van der Waals surface area contributed by atoms with Gasteiger partial charge in [0.25, 0.3) is 0 Å². The number of nitrogens with zero attached hydrogens (tertiary/aromatic N) is 8. The molecular formula is C23H23F3N8. The molecule has 8 nitrogen and oxygen atoms in total. The van der Waals surface area contributed by atoms with Crippen LogP contribution < -0.4 is 4.90 Å². The Labute approximate surface area is 194 Å². The first-order chi connectivity index (χ1) is 16.2. The van der Waals surface area contributed by atoms with Gasteiger partial charge in [-0.1, -0.05) is 0 Å². The van der Waals surface area contributed by atoms with Gasteiger partial charge in [-0.3, -0.25) is 9.88 Å². The van der Waals surface area contributed by atoms with E-state index >= 15 is 0 Å². The smallest absolute Gasteiger partial charge is 0.354 e. The van der Waals surface area contributed by atoms with Crippen LogP contribution in [0.5, 0.6) is 0 Å². The van der Waals surface area contributed by atoms with Gasteiger partial charge in [0.15, 0.2) is 5.82 Å². The van der Waals surface area contributed by atoms with E-state index in [-0.39, 0.29) is 5.41 Å². The summed E-state index contributed by atoms with van der Waals surface area (Å²) in [6.45, 7) is 2.43. The summed E-state index contributed by atoms with van der Waals surface area (Å²) in [7, 11) is 0. The largest absolute Gasteiger partial charge is 0.401 e. The number of piperazine rings is 1. The maximum absolute atomic E-state index is 12.7. The second-order valence-electron chi connectivity index (χ2n) is 9.67. The molecule has 4 heterocycles. The summed E-state index contributed by atoms with van der Waals surface area (Å²) in [5.41, 5.74) is 1.22. The molecule has 0 radical (unpaired) electrons. The normalized spacial score (nSPS) is 23.9. The molecule has 1 atom stereocenters. The zero-order valence-corrected chi connectivity index (χ0v) is 18.7. The van der Waals surface area contributed by atoms with Crippen LogP contribution in [0.4, 0.5) is 19.0 Å². The molecule has 0 amide bonds. The lowest BCUT2D eigenvalue weighted by Crippen LogP contribution is -2.49. The monoisotopic (exact) mass is 468 g/mol. The van der Waals surface area contributed by atoms with Gasteiger partial charge in [-0.05, 0) is 37.7 Å². The van der Waals surface area contributed by atoms with Gasteiger partial charge in [-0.15, -0.1) is 0 Å². The number of pyridine rings is 1. The van der Waals surface area contributed by atoms with Crippen molar-refractivity contribution in [2.24, 2.45) is 5.41 Å². The van der Waals surface area contributed by atoms with Crippen molar-refractivity contribution in [3.05, 3.63) is 36.0 Å². The average Bonchev–Trinajstić information content (AvgIpc) is 3.67. The number of alkyl halides is 3. The second kappa shape index (κ2) is 7.12. The second-order valence-corrected chi connectivity index (χ2v) is 9.67. The summed E-state index contributed by atoms with van der Waals surface area (Å²) < 4.78 is 39.9. The lowest BCUT2D eigenvalue weighted by molar-refractivity contribution is -0.146. The third-order valence-corrected chi connectivity index (χ3v) is 7.45. The minimum Gasteiger partial charge on any atom is -0.354 e. The molecular weight excluding hydrogens is 445 g/mol. The Morgan fingerprint density at radius 3 is 2.44 bits per heavy atom. The average molecular weight is 468 g/mol. The highest BCUT2D eigenvalue weighted by Crippen LogP contribution is 2.78. The Balaban J connectivity index is 1.30. The first-order valence-corrected chi connectivity index (χ1v) is 11.4. The standard InChI is InChI=1S/C23H23F3N8/c1-15-30-19(33-6-4-32(5-7-33)14-23(24,25)26)9-20(31-15)34-17-8-18(28-10-16(17)11-29-34)22(13-27)12-21(22)2-3-21/h8-11H,2-7,12,14H2,1H3/t22-/m1/s1. The van der Waals surface area contributed by atoms with E-state index in [1.165, 1.54) is 4.90 Å². The first-order valence-electron chi connectivity index (χ1n) is 11.4. The zero-order chi connectivity index (χ0) is 23.7. The molecule has 0 bridgehead atoms. The molecule has 6 rings (SSSR count). The Morgan fingerprint density at radius 1 is 1.06 bits per heavy atom. The summed E-state index contributed by atoms with van der Waals surface area (Å²) in [6, 6.07) is 6.29. The Morgan fingerprint density at radius 2 is 1.79 bits per heavy atom. The molecule has 11 heteroatoms. The van der Waals surface area contributed by atoms with Crippen molar-refractivity contribution in [1.29, 1.82) is 5.26 Å². The SMILES string of the molecule is Cc1nc(N2CCN(CC(F)(F)F)CC2)cc(-n2ncc3cnc([C@]4(C#N)CC45CC5)cc32)n1. The van der Waals surface area contributed by atoms with Crippen LogP contribution in [-0.4, -0.2) is 68.5 Å². The van der Waals surface area contributed by atoms with Crippen molar-refractivity contribution in [2.45, 2.75) is 37.8 Å². The number of rotatable bonds is 4. The van der Waals surface area contributed by atoms with Crippen molar-refractivity contribution in [3.63, 3.8) is 0 Å². The van der Waals surface area contributed by atoms with E-state index in [2.05, 4.69) is 26.1 Å². The number of aryl methyl sites for hydroxylation is 1. The fourth-order valence-electron chi connectivity index (χ4n) is 5.33. The molecule has 176 valence electrons. The van der Waals surface area contributed by atoms with Crippen LogP contribution in [0, 0.1) is 23.7 Å². The summed E-state index contributed by atoms with van der Waals surface area (Å²) in [6.07, 6.45) is 2.29. The molecule has 3 fully saturated rings. The Kier molecular flexibility index (Phi) is 4.46. The highest BCUT2D eigenvalue weighted by molar-refractivity contribution is 5.80. The number of halogens is 3. The molecule has 3 aromatic rings. The summed E-state index contributed by atoms with van der Waals surface area (Å²) >= 11 is 0. The fourth-order valence-corrected chi connectivity index (χ4v) is 5.33. The predicted molar refractivity (Wildman–Crippen MR) is 117 cm³/mol. The number of hydrogen-bond donors (Lipinski definition) is 0. The van der Waals surface area contributed by atoms with Gasteiger partial charge in [-0.2, -0.15) is 23.5 Å². The van der Waals surface area contributed by atoms with Crippen molar-refractivity contribution < 1.29 is 13.2 Å². The van der Waals surface area contributed by atoms with E-state index in [0.29, 0.717) is 43.6 Å². The highest BCUT2D eigenvalue weighted by Gasteiger charge is 2.76. The quantitative estimate of drug-likeness (QED) is 0.581. The third kappa shape index (κ3) is 3.39. The van der Waals surface area contributed by atoms with E-state index in [1.807, 2.05) is 17.0 Å². The minimum absolute atomic E-state index is 0.111. The molecule has 1 saturated heterocycles. The molecule has 3 aromatic heterocycles. The van der Waals surface area contributed by atoms with Crippen molar-refractivity contribution in [1.82, 2.24) is 29.6 Å². The number of aromatic nitrogens is 5. The van der Waals surface area contributed by atoms with Gasteiger partial charge >= 0.3 is 6.18 Å². The number of nitriles is 1. The van der Waals surface area contributed by atoms with E-state index < -0.39 is 18.1 Å². The van der Waals surface area contributed by atoms with Gasteiger partial charge in [0.1, 0.15) is 17.1 Å². The Bertz CT molecular complexity index is 1310. The van der Waals surface area contributed by atoms with E-state index in [9.17, 15) is 18.4 Å². The molecule has 0 aromatic carbocycles. The number of fused-ring (bicyclic) bond motifs is 1. The molecule has 2 saturated carbocycles.